The van der Waals surface area contributed by atoms with Crippen LogP contribution in [-0.2, 0) is 7.05 Å². The van der Waals surface area contributed by atoms with Crippen LogP contribution in [0.3, 0.4) is 0 Å². The molecule has 2 aromatic heterocycles. The molecule has 2 heterocycles. The van der Waals surface area contributed by atoms with Crippen molar-refractivity contribution >= 4 is 11.6 Å². The molecule has 0 saturated heterocycles. The van der Waals surface area contributed by atoms with Gasteiger partial charge in [0.2, 0.25) is 0 Å². The van der Waals surface area contributed by atoms with E-state index in [1.807, 2.05) is 44.2 Å². The predicted molar refractivity (Wildman–Crippen MR) is 90.5 cm³/mol. The summed E-state index contributed by atoms with van der Waals surface area (Å²) in [5, 5.41) is 11.3. The lowest BCUT2D eigenvalue weighted by atomic mass is 10.2. The van der Waals surface area contributed by atoms with Crippen molar-refractivity contribution in [3.63, 3.8) is 0 Å². The molecule has 1 amide bonds. The number of aromatic nitrogens is 4. The van der Waals surface area contributed by atoms with Gasteiger partial charge in [-0.15, -0.1) is 0 Å². The molecule has 0 bridgehead atoms. The second-order valence-corrected chi connectivity index (χ2v) is 5.43. The number of benzene rings is 1. The smallest absolute Gasteiger partial charge is 0.276 e. The van der Waals surface area contributed by atoms with Crippen LogP contribution in [0.4, 0.5) is 5.69 Å². The molecule has 0 spiro atoms. The van der Waals surface area contributed by atoms with Crippen LogP contribution in [0.25, 0.3) is 5.69 Å². The van der Waals surface area contributed by atoms with Gasteiger partial charge in [0.25, 0.3) is 11.5 Å². The van der Waals surface area contributed by atoms with Gasteiger partial charge in [0.15, 0.2) is 0 Å². The maximum Gasteiger partial charge on any atom is 0.276 e. The lowest BCUT2D eigenvalue weighted by molar-refractivity contribution is 0.102. The normalized spacial score (nSPS) is 10.6. The molecular weight excluding hydrogens is 306 g/mol. The SMILES string of the molecule is Cc1nn(-c2ccccc2)c(C)c1NC(=O)c1ccc(=O)n(C)n1. The summed E-state index contributed by atoms with van der Waals surface area (Å²) < 4.78 is 2.90. The Kier molecular flexibility index (Phi) is 3.99. The van der Waals surface area contributed by atoms with Crippen molar-refractivity contribution in [3.05, 3.63) is 69.9 Å². The number of amides is 1. The number of anilines is 1. The third-order valence-electron chi connectivity index (χ3n) is 3.72. The number of nitrogens with zero attached hydrogens (tertiary/aromatic N) is 4. The van der Waals surface area contributed by atoms with E-state index < -0.39 is 0 Å². The Balaban J connectivity index is 1.93. The quantitative estimate of drug-likeness (QED) is 0.797. The zero-order valence-corrected chi connectivity index (χ0v) is 13.6. The van der Waals surface area contributed by atoms with Gasteiger partial charge < -0.3 is 5.32 Å². The Morgan fingerprint density at radius 3 is 2.42 bits per heavy atom. The number of carbonyl (C=O) groups excluding carboxylic acids is 1. The van der Waals surface area contributed by atoms with Crippen molar-refractivity contribution in [3.8, 4) is 5.69 Å². The largest absolute Gasteiger partial charge is 0.317 e. The Morgan fingerprint density at radius 1 is 1.04 bits per heavy atom. The molecule has 0 radical (unpaired) electrons. The summed E-state index contributed by atoms with van der Waals surface area (Å²) in [6, 6.07) is 12.4. The Labute approximate surface area is 138 Å². The van der Waals surface area contributed by atoms with E-state index in [0.717, 1.165) is 16.1 Å². The number of rotatable bonds is 3. The van der Waals surface area contributed by atoms with E-state index in [2.05, 4.69) is 15.5 Å². The first-order chi connectivity index (χ1) is 11.5. The molecule has 122 valence electrons. The van der Waals surface area contributed by atoms with Crippen LogP contribution in [0.2, 0.25) is 0 Å². The van der Waals surface area contributed by atoms with E-state index in [1.165, 1.54) is 19.2 Å². The average Bonchev–Trinajstić information content (AvgIpc) is 2.86. The fourth-order valence-electron chi connectivity index (χ4n) is 2.45. The fraction of sp³-hybridized carbons (Fsp3) is 0.176. The zero-order valence-electron chi connectivity index (χ0n) is 13.6. The molecule has 0 saturated carbocycles. The van der Waals surface area contributed by atoms with Crippen LogP contribution in [0.15, 0.2) is 47.3 Å². The molecule has 1 N–H and O–H groups in total. The average molecular weight is 323 g/mol. The molecule has 0 aliphatic carbocycles. The second-order valence-electron chi connectivity index (χ2n) is 5.43. The summed E-state index contributed by atoms with van der Waals surface area (Å²) in [4.78, 5) is 23.8. The number of nitrogens with one attached hydrogen (secondary N) is 1. The minimum absolute atomic E-state index is 0.170. The number of carbonyl (C=O) groups is 1. The summed E-state index contributed by atoms with van der Waals surface area (Å²) in [5.74, 6) is -0.385. The van der Waals surface area contributed by atoms with Gasteiger partial charge >= 0.3 is 0 Å². The molecule has 0 atom stereocenters. The maximum absolute atomic E-state index is 12.4. The third-order valence-corrected chi connectivity index (χ3v) is 3.72. The molecule has 3 aromatic rings. The van der Waals surface area contributed by atoms with E-state index >= 15 is 0 Å². The summed E-state index contributed by atoms with van der Waals surface area (Å²) in [7, 11) is 1.50. The zero-order chi connectivity index (χ0) is 17.3. The van der Waals surface area contributed by atoms with Crippen molar-refractivity contribution in [1.82, 2.24) is 19.6 Å². The van der Waals surface area contributed by atoms with Gasteiger partial charge in [0, 0.05) is 13.1 Å². The Morgan fingerprint density at radius 2 is 1.75 bits per heavy atom. The van der Waals surface area contributed by atoms with Crippen molar-refractivity contribution in [2.24, 2.45) is 7.05 Å². The summed E-state index contributed by atoms with van der Waals surface area (Å²) in [5.41, 5.74) is 2.98. The van der Waals surface area contributed by atoms with Crippen LogP contribution in [0, 0.1) is 13.8 Å². The van der Waals surface area contributed by atoms with Gasteiger partial charge in [0.1, 0.15) is 5.69 Å². The maximum atomic E-state index is 12.4. The molecule has 24 heavy (non-hydrogen) atoms. The van der Waals surface area contributed by atoms with Gasteiger partial charge in [-0.3, -0.25) is 9.59 Å². The second kappa shape index (κ2) is 6.11. The van der Waals surface area contributed by atoms with E-state index in [4.69, 9.17) is 0 Å². The number of para-hydroxylation sites is 1. The summed E-state index contributed by atoms with van der Waals surface area (Å²) in [6.45, 7) is 3.72. The summed E-state index contributed by atoms with van der Waals surface area (Å²) in [6.07, 6.45) is 0. The lowest BCUT2D eigenvalue weighted by Gasteiger charge is -2.07. The van der Waals surface area contributed by atoms with E-state index in [1.54, 1.807) is 4.68 Å². The van der Waals surface area contributed by atoms with Gasteiger partial charge in [-0.1, -0.05) is 18.2 Å². The molecule has 0 aliphatic rings. The van der Waals surface area contributed by atoms with Gasteiger partial charge in [0.05, 0.1) is 22.8 Å². The van der Waals surface area contributed by atoms with Crippen LogP contribution >= 0.6 is 0 Å². The molecule has 0 fully saturated rings. The number of aryl methyl sites for hydroxylation is 2. The van der Waals surface area contributed by atoms with Gasteiger partial charge in [-0.25, -0.2) is 9.36 Å². The minimum Gasteiger partial charge on any atom is -0.317 e. The minimum atomic E-state index is -0.385. The first kappa shape index (κ1) is 15.7. The monoisotopic (exact) mass is 323 g/mol. The third kappa shape index (κ3) is 2.83. The molecule has 3 rings (SSSR count). The Hall–Kier alpha value is -3.22. The Bertz CT molecular complexity index is 957. The molecular formula is C17H17N5O2. The molecule has 7 heteroatoms. The summed E-state index contributed by atoms with van der Waals surface area (Å²) >= 11 is 0. The van der Waals surface area contributed by atoms with Crippen molar-refractivity contribution < 1.29 is 4.79 Å². The first-order valence-electron chi connectivity index (χ1n) is 7.44. The molecule has 1 aromatic carbocycles. The molecule has 7 nitrogen and oxygen atoms in total. The van der Waals surface area contributed by atoms with Crippen molar-refractivity contribution in [1.29, 1.82) is 0 Å². The highest BCUT2D eigenvalue weighted by molar-refractivity contribution is 6.03. The van der Waals surface area contributed by atoms with Gasteiger partial charge in [-0.2, -0.15) is 10.2 Å². The van der Waals surface area contributed by atoms with Crippen molar-refractivity contribution in [2.75, 3.05) is 5.32 Å². The lowest BCUT2D eigenvalue weighted by Crippen LogP contribution is -2.23. The highest BCUT2D eigenvalue weighted by Gasteiger charge is 2.17. The van der Waals surface area contributed by atoms with E-state index in [-0.39, 0.29) is 17.2 Å². The van der Waals surface area contributed by atoms with Crippen LogP contribution in [-0.4, -0.2) is 25.5 Å². The van der Waals surface area contributed by atoms with Crippen LogP contribution < -0.4 is 10.9 Å². The molecule has 0 unspecified atom stereocenters. The van der Waals surface area contributed by atoms with Crippen LogP contribution in [0.5, 0.6) is 0 Å². The van der Waals surface area contributed by atoms with Crippen molar-refractivity contribution in [2.45, 2.75) is 13.8 Å². The highest BCUT2D eigenvalue weighted by Crippen LogP contribution is 2.23. The fourth-order valence-corrected chi connectivity index (χ4v) is 2.45. The van der Waals surface area contributed by atoms with Gasteiger partial charge in [-0.05, 0) is 32.0 Å². The van der Waals surface area contributed by atoms with Crippen LogP contribution in [0.1, 0.15) is 21.9 Å². The first-order valence-corrected chi connectivity index (χ1v) is 7.44. The topological polar surface area (TPSA) is 81.8 Å². The number of hydrogen-bond acceptors (Lipinski definition) is 4. The highest BCUT2D eigenvalue weighted by atomic mass is 16.2. The number of hydrogen-bond donors (Lipinski definition) is 1. The van der Waals surface area contributed by atoms with E-state index in [0.29, 0.717) is 11.4 Å². The standard InChI is InChI=1S/C17H17N5O2/c1-11-16(12(2)22(19-11)13-7-5-4-6-8-13)18-17(24)14-9-10-15(23)21(3)20-14/h4-10H,1-3H3,(H,18,24). The predicted octanol–water partition coefficient (Wildman–Crippen LogP) is 1.84. The molecule has 0 aliphatic heterocycles. The van der Waals surface area contributed by atoms with E-state index in [9.17, 15) is 9.59 Å².